The lowest BCUT2D eigenvalue weighted by molar-refractivity contribution is 0.283. The third-order valence-electron chi connectivity index (χ3n) is 3.40. The minimum atomic E-state index is 0.353. The van der Waals surface area contributed by atoms with Gasteiger partial charge in [0.15, 0.2) is 5.76 Å². The predicted octanol–water partition coefficient (Wildman–Crippen LogP) is 4.26. The van der Waals surface area contributed by atoms with Crippen molar-refractivity contribution in [3.8, 4) is 28.7 Å². The van der Waals surface area contributed by atoms with E-state index in [4.69, 9.17) is 20.8 Å². The molecule has 4 rings (SSSR count). The van der Waals surface area contributed by atoms with Crippen LogP contribution in [0.1, 0.15) is 11.3 Å². The zero-order valence-corrected chi connectivity index (χ0v) is 12.0. The zero-order chi connectivity index (χ0) is 14.4. The maximum atomic E-state index is 6.00. The van der Waals surface area contributed by atoms with E-state index in [2.05, 4.69) is 9.97 Å². The molecule has 1 aromatic carbocycles. The largest absolute Gasteiger partial charge is 0.470 e. The van der Waals surface area contributed by atoms with Crippen LogP contribution in [0, 0.1) is 6.92 Å². The first kappa shape index (κ1) is 12.4. The number of aryl methyl sites for hydroxylation is 1. The summed E-state index contributed by atoms with van der Waals surface area (Å²) in [6.07, 6.45) is 1.56. The van der Waals surface area contributed by atoms with E-state index in [1.165, 1.54) is 5.56 Å². The number of pyridine rings is 1. The van der Waals surface area contributed by atoms with E-state index in [1.807, 2.05) is 31.2 Å². The first-order valence-corrected chi connectivity index (χ1v) is 6.94. The molecule has 1 aliphatic rings. The Morgan fingerprint density at radius 1 is 1.19 bits per heavy atom. The van der Waals surface area contributed by atoms with Crippen molar-refractivity contribution in [2.24, 2.45) is 0 Å². The average molecular weight is 299 g/mol. The van der Waals surface area contributed by atoms with Crippen LogP contribution in [0.2, 0.25) is 5.02 Å². The molecule has 0 unspecified atom stereocenters. The molecule has 0 fully saturated rings. The second-order valence-corrected chi connectivity index (χ2v) is 5.39. The number of ether oxygens (including phenoxy) is 1. The van der Waals surface area contributed by atoms with Crippen molar-refractivity contribution in [2.45, 2.75) is 13.5 Å². The maximum Gasteiger partial charge on any atom is 0.227 e. The normalized spacial score (nSPS) is 12.5. The van der Waals surface area contributed by atoms with Crippen LogP contribution in [0.25, 0.3) is 22.8 Å². The molecule has 104 valence electrons. The molecule has 0 amide bonds. The van der Waals surface area contributed by atoms with Gasteiger partial charge in [0.05, 0.1) is 10.6 Å². The summed E-state index contributed by atoms with van der Waals surface area (Å²) in [5.41, 5.74) is 3.64. The van der Waals surface area contributed by atoms with Crippen molar-refractivity contribution in [1.82, 2.24) is 9.97 Å². The zero-order valence-electron chi connectivity index (χ0n) is 11.3. The van der Waals surface area contributed by atoms with E-state index in [0.29, 0.717) is 29.2 Å². The SMILES string of the molecule is Cc1ccc(-c2nc3c(o2)-c2cc(Cl)cnc2OC3)cc1. The number of aromatic nitrogens is 2. The molecule has 0 radical (unpaired) electrons. The number of rotatable bonds is 1. The van der Waals surface area contributed by atoms with Crippen molar-refractivity contribution < 1.29 is 9.15 Å². The van der Waals surface area contributed by atoms with Crippen LogP contribution in [-0.2, 0) is 6.61 Å². The van der Waals surface area contributed by atoms with Gasteiger partial charge in [-0.2, -0.15) is 0 Å². The summed E-state index contributed by atoms with van der Waals surface area (Å²) >= 11 is 6.00. The highest BCUT2D eigenvalue weighted by molar-refractivity contribution is 6.30. The summed E-state index contributed by atoms with van der Waals surface area (Å²) in [4.78, 5) is 8.69. The molecule has 21 heavy (non-hydrogen) atoms. The molecule has 2 aromatic heterocycles. The number of benzene rings is 1. The lowest BCUT2D eigenvalue weighted by Gasteiger charge is -2.13. The fraction of sp³-hybridized carbons (Fsp3) is 0.125. The molecule has 0 N–H and O–H groups in total. The highest BCUT2D eigenvalue weighted by atomic mass is 35.5. The number of fused-ring (bicyclic) bond motifs is 3. The smallest absolute Gasteiger partial charge is 0.227 e. The Labute approximate surface area is 126 Å². The van der Waals surface area contributed by atoms with Gasteiger partial charge in [-0.25, -0.2) is 9.97 Å². The number of halogens is 1. The Hall–Kier alpha value is -2.33. The highest BCUT2D eigenvalue weighted by Gasteiger charge is 2.25. The van der Waals surface area contributed by atoms with E-state index in [0.717, 1.165) is 16.8 Å². The quantitative estimate of drug-likeness (QED) is 0.673. The minimum Gasteiger partial charge on any atom is -0.470 e. The molecule has 1 aliphatic heterocycles. The van der Waals surface area contributed by atoms with Crippen LogP contribution in [0.4, 0.5) is 0 Å². The van der Waals surface area contributed by atoms with Crippen LogP contribution < -0.4 is 4.74 Å². The lowest BCUT2D eigenvalue weighted by Crippen LogP contribution is -2.05. The molecule has 0 aliphatic carbocycles. The van der Waals surface area contributed by atoms with Gasteiger partial charge in [0.1, 0.15) is 12.3 Å². The number of nitrogens with zero attached hydrogens (tertiary/aromatic N) is 2. The Bertz CT molecular complexity index is 825. The van der Waals surface area contributed by atoms with Gasteiger partial charge in [0.2, 0.25) is 11.8 Å². The fourth-order valence-electron chi connectivity index (χ4n) is 2.32. The monoisotopic (exact) mass is 298 g/mol. The van der Waals surface area contributed by atoms with Gasteiger partial charge in [0.25, 0.3) is 0 Å². The molecular formula is C16H11ClN2O2. The second kappa shape index (κ2) is 4.60. The molecular weight excluding hydrogens is 288 g/mol. The predicted molar refractivity (Wildman–Crippen MR) is 79.2 cm³/mol. The minimum absolute atomic E-state index is 0.353. The fourth-order valence-corrected chi connectivity index (χ4v) is 2.48. The van der Waals surface area contributed by atoms with Crippen LogP contribution in [0.15, 0.2) is 40.9 Å². The molecule has 4 nitrogen and oxygen atoms in total. The van der Waals surface area contributed by atoms with Crippen molar-refractivity contribution in [3.63, 3.8) is 0 Å². The van der Waals surface area contributed by atoms with E-state index >= 15 is 0 Å². The molecule has 3 aromatic rings. The van der Waals surface area contributed by atoms with Crippen LogP contribution in [-0.4, -0.2) is 9.97 Å². The van der Waals surface area contributed by atoms with E-state index in [1.54, 1.807) is 12.3 Å². The van der Waals surface area contributed by atoms with Crippen molar-refractivity contribution in [2.75, 3.05) is 0 Å². The van der Waals surface area contributed by atoms with Gasteiger partial charge < -0.3 is 9.15 Å². The third kappa shape index (κ3) is 2.08. The first-order chi connectivity index (χ1) is 10.2. The molecule has 0 saturated heterocycles. The molecule has 0 spiro atoms. The van der Waals surface area contributed by atoms with E-state index in [9.17, 15) is 0 Å². The number of hydrogen-bond donors (Lipinski definition) is 0. The number of hydrogen-bond acceptors (Lipinski definition) is 4. The van der Waals surface area contributed by atoms with Gasteiger partial charge in [-0.1, -0.05) is 29.3 Å². The summed E-state index contributed by atoms with van der Waals surface area (Å²) < 4.78 is 11.5. The molecule has 0 saturated carbocycles. The van der Waals surface area contributed by atoms with Crippen molar-refractivity contribution in [1.29, 1.82) is 0 Å². The molecule has 0 atom stereocenters. The molecule has 5 heteroatoms. The summed E-state index contributed by atoms with van der Waals surface area (Å²) in [6.45, 7) is 2.40. The molecule has 0 bridgehead atoms. The Morgan fingerprint density at radius 2 is 2.00 bits per heavy atom. The summed E-state index contributed by atoms with van der Waals surface area (Å²) in [7, 11) is 0. The van der Waals surface area contributed by atoms with E-state index < -0.39 is 0 Å². The average Bonchev–Trinajstić information content (AvgIpc) is 2.92. The van der Waals surface area contributed by atoms with Crippen LogP contribution in [0.3, 0.4) is 0 Å². The van der Waals surface area contributed by atoms with Gasteiger partial charge in [-0.3, -0.25) is 0 Å². The third-order valence-corrected chi connectivity index (χ3v) is 3.61. The van der Waals surface area contributed by atoms with Crippen molar-refractivity contribution >= 4 is 11.6 Å². The standard InChI is InChI=1S/C16H11ClN2O2/c1-9-2-4-10(5-3-9)15-19-13-8-20-16-12(14(13)21-15)6-11(17)7-18-16/h2-7H,8H2,1H3. The van der Waals surface area contributed by atoms with Crippen molar-refractivity contribution in [3.05, 3.63) is 52.8 Å². The van der Waals surface area contributed by atoms with Crippen LogP contribution >= 0.6 is 11.6 Å². The van der Waals surface area contributed by atoms with Gasteiger partial charge in [-0.05, 0) is 25.1 Å². The van der Waals surface area contributed by atoms with Crippen LogP contribution in [0.5, 0.6) is 5.88 Å². The van der Waals surface area contributed by atoms with Gasteiger partial charge in [0, 0.05) is 11.8 Å². The van der Waals surface area contributed by atoms with E-state index in [-0.39, 0.29) is 0 Å². The Morgan fingerprint density at radius 3 is 2.81 bits per heavy atom. The highest BCUT2D eigenvalue weighted by Crippen LogP contribution is 2.39. The summed E-state index contributed by atoms with van der Waals surface area (Å²) in [5.74, 6) is 1.79. The topological polar surface area (TPSA) is 48.2 Å². The molecule has 3 heterocycles. The van der Waals surface area contributed by atoms with Gasteiger partial charge >= 0.3 is 0 Å². The maximum absolute atomic E-state index is 6.00. The second-order valence-electron chi connectivity index (χ2n) is 4.96. The first-order valence-electron chi connectivity index (χ1n) is 6.56. The Balaban J connectivity index is 1.84. The lowest BCUT2D eigenvalue weighted by atomic mass is 10.1. The van der Waals surface area contributed by atoms with Gasteiger partial charge in [-0.15, -0.1) is 0 Å². The summed E-state index contributed by atoms with van der Waals surface area (Å²) in [6, 6.07) is 9.82. The number of oxazole rings is 1. The Kier molecular flexibility index (Phi) is 2.72. The summed E-state index contributed by atoms with van der Waals surface area (Å²) in [5, 5.41) is 0.540.